The zero-order valence-corrected chi connectivity index (χ0v) is 10.7. The minimum atomic E-state index is -0.748. The Morgan fingerprint density at radius 3 is 2.95 bits per heavy atom. The van der Waals surface area contributed by atoms with Crippen molar-refractivity contribution in [2.45, 2.75) is 12.8 Å². The number of fused-ring (bicyclic) bond motifs is 1. The van der Waals surface area contributed by atoms with E-state index >= 15 is 0 Å². The predicted molar refractivity (Wildman–Crippen MR) is 71.3 cm³/mol. The van der Waals surface area contributed by atoms with Crippen LogP contribution in [0, 0.1) is 11.8 Å². The fourth-order valence-corrected chi connectivity index (χ4v) is 2.73. The standard InChI is InChI=1S/C14H16N2O3/c1-15-10-2-3-12-8(4-10)6-13(17)16(12)7-9-5-11(9)14(18)19/h2-4,9,11,15H,5-7H2,1H3,(H,18,19). The minimum Gasteiger partial charge on any atom is -0.481 e. The van der Waals surface area contributed by atoms with E-state index in [1.807, 2.05) is 25.2 Å². The predicted octanol–water partition coefficient (Wildman–Crippen LogP) is 1.34. The molecule has 0 spiro atoms. The van der Waals surface area contributed by atoms with Crippen LogP contribution in [0.2, 0.25) is 0 Å². The third kappa shape index (κ3) is 2.05. The van der Waals surface area contributed by atoms with Crippen LogP contribution in [0.5, 0.6) is 0 Å². The van der Waals surface area contributed by atoms with Crippen molar-refractivity contribution < 1.29 is 14.7 Å². The molecule has 100 valence electrons. The first-order valence-corrected chi connectivity index (χ1v) is 6.44. The first kappa shape index (κ1) is 12.0. The van der Waals surface area contributed by atoms with Crippen molar-refractivity contribution in [1.82, 2.24) is 0 Å². The molecule has 2 atom stereocenters. The van der Waals surface area contributed by atoms with Crippen LogP contribution in [0.3, 0.4) is 0 Å². The lowest BCUT2D eigenvalue weighted by Crippen LogP contribution is -2.29. The van der Waals surface area contributed by atoms with Gasteiger partial charge in [-0.25, -0.2) is 0 Å². The van der Waals surface area contributed by atoms with E-state index in [0.717, 1.165) is 16.9 Å². The Bertz CT molecular complexity index is 556. The average Bonchev–Trinajstić information content (AvgIpc) is 3.09. The van der Waals surface area contributed by atoms with Crippen LogP contribution in [-0.2, 0) is 16.0 Å². The molecule has 1 saturated carbocycles. The van der Waals surface area contributed by atoms with Gasteiger partial charge in [-0.2, -0.15) is 0 Å². The van der Waals surface area contributed by atoms with Crippen LogP contribution >= 0.6 is 0 Å². The maximum atomic E-state index is 12.0. The normalized spacial score (nSPS) is 24.3. The molecule has 5 heteroatoms. The van der Waals surface area contributed by atoms with Gasteiger partial charge in [-0.3, -0.25) is 9.59 Å². The summed E-state index contributed by atoms with van der Waals surface area (Å²) in [5.74, 6) is -0.841. The summed E-state index contributed by atoms with van der Waals surface area (Å²) >= 11 is 0. The number of rotatable bonds is 4. The molecule has 2 N–H and O–H groups in total. The lowest BCUT2D eigenvalue weighted by molar-refractivity contribution is -0.138. The van der Waals surface area contributed by atoms with Crippen LogP contribution in [0.4, 0.5) is 11.4 Å². The molecule has 2 unspecified atom stereocenters. The van der Waals surface area contributed by atoms with Gasteiger partial charge in [-0.05, 0) is 36.1 Å². The SMILES string of the molecule is CNc1ccc2c(c1)CC(=O)N2CC1CC1C(=O)O. The van der Waals surface area contributed by atoms with Gasteiger partial charge in [0, 0.05) is 25.0 Å². The maximum Gasteiger partial charge on any atom is 0.306 e. The van der Waals surface area contributed by atoms with Crippen LogP contribution in [-0.4, -0.2) is 30.6 Å². The van der Waals surface area contributed by atoms with Gasteiger partial charge in [0.05, 0.1) is 12.3 Å². The number of benzene rings is 1. The summed E-state index contributed by atoms with van der Waals surface area (Å²) < 4.78 is 0. The number of amides is 1. The lowest BCUT2D eigenvalue weighted by Gasteiger charge is -2.17. The largest absolute Gasteiger partial charge is 0.481 e. The molecule has 0 radical (unpaired) electrons. The Labute approximate surface area is 111 Å². The molecule has 19 heavy (non-hydrogen) atoms. The topological polar surface area (TPSA) is 69.6 Å². The molecule has 1 aromatic rings. The third-order valence-corrected chi connectivity index (χ3v) is 3.96. The molecule has 0 saturated heterocycles. The van der Waals surface area contributed by atoms with Gasteiger partial charge in [0.15, 0.2) is 0 Å². The highest BCUT2D eigenvalue weighted by atomic mass is 16.4. The Kier molecular flexibility index (Phi) is 2.69. The molecule has 1 fully saturated rings. The first-order valence-electron chi connectivity index (χ1n) is 6.44. The van der Waals surface area contributed by atoms with Gasteiger partial charge in [0.25, 0.3) is 0 Å². The zero-order chi connectivity index (χ0) is 13.6. The zero-order valence-electron chi connectivity index (χ0n) is 10.7. The number of hydrogen-bond donors (Lipinski definition) is 2. The van der Waals surface area contributed by atoms with E-state index in [9.17, 15) is 9.59 Å². The lowest BCUT2D eigenvalue weighted by atomic mass is 10.1. The van der Waals surface area contributed by atoms with Gasteiger partial charge in [0.1, 0.15) is 0 Å². The van der Waals surface area contributed by atoms with Crippen molar-refractivity contribution >= 4 is 23.3 Å². The number of hydrogen-bond acceptors (Lipinski definition) is 3. The number of carbonyl (C=O) groups excluding carboxylic acids is 1. The molecule has 0 aromatic heterocycles. The smallest absolute Gasteiger partial charge is 0.306 e. The van der Waals surface area contributed by atoms with E-state index in [4.69, 9.17) is 5.11 Å². The first-order chi connectivity index (χ1) is 9.10. The van der Waals surface area contributed by atoms with E-state index in [0.29, 0.717) is 19.4 Å². The number of nitrogens with zero attached hydrogens (tertiary/aromatic N) is 1. The molecular weight excluding hydrogens is 244 g/mol. The molecule has 1 amide bonds. The highest BCUT2D eigenvalue weighted by Crippen LogP contribution is 2.42. The second-order valence-electron chi connectivity index (χ2n) is 5.22. The van der Waals surface area contributed by atoms with Crippen molar-refractivity contribution in [2.75, 3.05) is 23.8 Å². The van der Waals surface area contributed by atoms with Crippen molar-refractivity contribution in [3.63, 3.8) is 0 Å². The second kappa shape index (κ2) is 4.26. The Hall–Kier alpha value is -2.04. The number of aliphatic carboxylic acids is 1. The molecule has 5 nitrogen and oxygen atoms in total. The van der Waals surface area contributed by atoms with E-state index in [1.54, 1.807) is 4.90 Å². The quantitative estimate of drug-likeness (QED) is 0.857. The van der Waals surface area contributed by atoms with Gasteiger partial charge >= 0.3 is 5.97 Å². The van der Waals surface area contributed by atoms with Crippen LogP contribution < -0.4 is 10.2 Å². The van der Waals surface area contributed by atoms with Crippen LogP contribution in [0.15, 0.2) is 18.2 Å². The number of carbonyl (C=O) groups is 2. The second-order valence-corrected chi connectivity index (χ2v) is 5.22. The summed E-state index contributed by atoms with van der Waals surface area (Å²) in [7, 11) is 1.85. The van der Waals surface area contributed by atoms with E-state index < -0.39 is 5.97 Å². The highest BCUT2D eigenvalue weighted by molar-refractivity contribution is 6.02. The highest BCUT2D eigenvalue weighted by Gasteiger charge is 2.45. The molecule has 3 rings (SSSR count). The van der Waals surface area contributed by atoms with Crippen LogP contribution in [0.25, 0.3) is 0 Å². The molecule has 1 aromatic carbocycles. The van der Waals surface area contributed by atoms with E-state index in [-0.39, 0.29) is 17.7 Å². The Balaban J connectivity index is 1.78. The summed E-state index contributed by atoms with van der Waals surface area (Å²) in [6, 6.07) is 5.85. The van der Waals surface area contributed by atoms with Gasteiger partial charge in [-0.1, -0.05) is 0 Å². The Morgan fingerprint density at radius 1 is 1.53 bits per heavy atom. The number of anilines is 2. The van der Waals surface area contributed by atoms with Gasteiger partial charge in [0.2, 0.25) is 5.91 Å². The summed E-state index contributed by atoms with van der Waals surface area (Å²) in [5.41, 5.74) is 2.94. The van der Waals surface area contributed by atoms with Gasteiger partial charge < -0.3 is 15.3 Å². The van der Waals surface area contributed by atoms with E-state index in [1.165, 1.54) is 0 Å². The molecule has 2 aliphatic rings. The number of carboxylic acid groups (broad SMARTS) is 1. The summed E-state index contributed by atoms with van der Waals surface area (Å²) in [5, 5.41) is 12.0. The molecule has 1 aliphatic heterocycles. The summed E-state index contributed by atoms with van der Waals surface area (Å²) in [6.45, 7) is 0.529. The fraction of sp³-hybridized carbons (Fsp3) is 0.429. The third-order valence-electron chi connectivity index (χ3n) is 3.96. The molecule has 1 aliphatic carbocycles. The van der Waals surface area contributed by atoms with Crippen molar-refractivity contribution in [3.05, 3.63) is 23.8 Å². The van der Waals surface area contributed by atoms with Crippen molar-refractivity contribution in [1.29, 1.82) is 0 Å². The van der Waals surface area contributed by atoms with Gasteiger partial charge in [-0.15, -0.1) is 0 Å². The summed E-state index contributed by atoms with van der Waals surface area (Å²) in [6.07, 6.45) is 1.10. The number of nitrogens with one attached hydrogen (secondary N) is 1. The Morgan fingerprint density at radius 2 is 2.32 bits per heavy atom. The molecule has 1 heterocycles. The molecular formula is C14H16N2O3. The van der Waals surface area contributed by atoms with Crippen LogP contribution in [0.1, 0.15) is 12.0 Å². The fourth-order valence-electron chi connectivity index (χ4n) is 2.73. The summed E-state index contributed by atoms with van der Waals surface area (Å²) in [4.78, 5) is 24.6. The van der Waals surface area contributed by atoms with E-state index in [2.05, 4.69) is 5.32 Å². The molecule has 0 bridgehead atoms. The van der Waals surface area contributed by atoms with Crippen molar-refractivity contribution in [3.8, 4) is 0 Å². The van der Waals surface area contributed by atoms with Crippen molar-refractivity contribution in [2.24, 2.45) is 11.8 Å². The average molecular weight is 260 g/mol. The maximum absolute atomic E-state index is 12.0. The monoisotopic (exact) mass is 260 g/mol. The number of carboxylic acids is 1. The minimum absolute atomic E-state index is 0.0688.